The maximum atomic E-state index is 12.2. The number of amides is 1. The van der Waals surface area contributed by atoms with Gasteiger partial charge in [-0.05, 0) is 36.2 Å². The van der Waals surface area contributed by atoms with Crippen LogP contribution in [0.4, 0.5) is 0 Å². The van der Waals surface area contributed by atoms with Crippen LogP contribution < -0.4 is 15.4 Å². The smallest absolute Gasteiger partial charge is 0.251 e. The van der Waals surface area contributed by atoms with E-state index in [1.165, 1.54) is 5.56 Å². The zero-order valence-corrected chi connectivity index (χ0v) is 16.7. The van der Waals surface area contributed by atoms with Crippen molar-refractivity contribution in [3.05, 3.63) is 47.8 Å². The van der Waals surface area contributed by atoms with E-state index in [1.54, 1.807) is 38.4 Å². The van der Waals surface area contributed by atoms with E-state index in [0.717, 1.165) is 31.2 Å². The van der Waals surface area contributed by atoms with Crippen LogP contribution in [0, 0.1) is 0 Å². The molecule has 1 fully saturated rings. The molecule has 0 radical (unpaired) electrons. The molecular formula is C20H28N6O2. The maximum absolute atomic E-state index is 12.2. The number of rotatable bonds is 6. The Balaban J connectivity index is 1.42. The van der Waals surface area contributed by atoms with Gasteiger partial charge < -0.3 is 20.3 Å². The van der Waals surface area contributed by atoms with Crippen LogP contribution in [0.1, 0.15) is 28.3 Å². The Morgan fingerprint density at radius 1 is 1.29 bits per heavy atom. The summed E-state index contributed by atoms with van der Waals surface area (Å²) in [5.74, 6) is 1.97. The fourth-order valence-electron chi connectivity index (χ4n) is 3.40. The van der Waals surface area contributed by atoms with Crippen LogP contribution in [0.25, 0.3) is 0 Å². The number of benzene rings is 1. The second-order valence-corrected chi connectivity index (χ2v) is 6.84. The molecule has 8 nitrogen and oxygen atoms in total. The third-order valence-electron chi connectivity index (χ3n) is 4.94. The number of nitrogens with one attached hydrogen (secondary N) is 2. The van der Waals surface area contributed by atoms with Crippen molar-refractivity contribution in [2.45, 2.75) is 12.3 Å². The molecule has 2 N–H and O–H groups in total. The third kappa shape index (κ3) is 4.82. The van der Waals surface area contributed by atoms with Crippen LogP contribution in [-0.4, -0.2) is 66.9 Å². The number of guanidine groups is 1. The van der Waals surface area contributed by atoms with Gasteiger partial charge in [0.15, 0.2) is 5.96 Å². The second-order valence-electron chi connectivity index (χ2n) is 6.84. The van der Waals surface area contributed by atoms with Gasteiger partial charge in [-0.2, -0.15) is 5.10 Å². The van der Waals surface area contributed by atoms with Crippen molar-refractivity contribution in [2.75, 3.05) is 40.3 Å². The van der Waals surface area contributed by atoms with Gasteiger partial charge in [-0.1, -0.05) is 0 Å². The Bertz CT molecular complexity index is 814. The molecule has 150 valence electrons. The zero-order chi connectivity index (χ0) is 19.9. The number of carbonyl (C=O) groups excluding carboxylic acids is 1. The van der Waals surface area contributed by atoms with Gasteiger partial charge in [0.25, 0.3) is 5.91 Å². The molecule has 1 aromatic heterocycles. The number of aryl methyl sites for hydroxylation is 1. The number of likely N-dealkylation sites (tertiary alicyclic amines) is 1. The fraction of sp³-hybridized carbons (Fsp3) is 0.450. The molecule has 3 rings (SSSR count). The van der Waals surface area contributed by atoms with Gasteiger partial charge in [0.1, 0.15) is 5.75 Å². The van der Waals surface area contributed by atoms with Crippen LogP contribution in [0.5, 0.6) is 5.75 Å². The quantitative estimate of drug-likeness (QED) is 0.445. The highest BCUT2D eigenvalue weighted by Crippen LogP contribution is 2.26. The molecule has 8 heteroatoms. The lowest BCUT2D eigenvalue weighted by Gasteiger charge is -2.21. The molecular weight excluding hydrogens is 356 g/mol. The molecule has 1 amide bonds. The van der Waals surface area contributed by atoms with Crippen LogP contribution in [0.3, 0.4) is 0 Å². The van der Waals surface area contributed by atoms with E-state index < -0.39 is 0 Å². The van der Waals surface area contributed by atoms with Crippen LogP contribution in [0.15, 0.2) is 41.7 Å². The SMILES string of the molecule is CN=C(NCCNC(=O)c1ccc(OC)cc1)N1CCC(c2cnn(C)c2)C1. The van der Waals surface area contributed by atoms with Crippen molar-refractivity contribution in [3.63, 3.8) is 0 Å². The number of nitrogens with zero attached hydrogens (tertiary/aromatic N) is 4. The number of aromatic nitrogens is 2. The first-order chi connectivity index (χ1) is 13.6. The van der Waals surface area contributed by atoms with Gasteiger partial charge in [-0.15, -0.1) is 0 Å². The average molecular weight is 384 g/mol. The summed E-state index contributed by atoms with van der Waals surface area (Å²) in [6.07, 6.45) is 5.11. The lowest BCUT2D eigenvalue weighted by molar-refractivity contribution is 0.0954. The minimum atomic E-state index is -0.0998. The summed E-state index contributed by atoms with van der Waals surface area (Å²) < 4.78 is 6.95. The lowest BCUT2D eigenvalue weighted by atomic mass is 10.0. The molecule has 0 bridgehead atoms. The molecule has 0 spiro atoms. The van der Waals surface area contributed by atoms with Gasteiger partial charge in [0.05, 0.1) is 13.3 Å². The first-order valence-electron chi connectivity index (χ1n) is 9.47. The summed E-state index contributed by atoms with van der Waals surface area (Å²) in [4.78, 5) is 18.8. The van der Waals surface area contributed by atoms with Crippen LogP contribution in [0.2, 0.25) is 0 Å². The molecule has 1 aliphatic rings. The zero-order valence-electron chi connectivity index (χ0n) is 16.7. The molecule has 1 aliphatic heterocycles. The molecule has 1 unspecified atom stereocenters. The first kappa shape index (κ1) is 19.7. The van der Waals surface area contributed by atoms with E-state index in [4.69, 9.17) is 4.74 Å². The number of hydrogen-bond acceptors (Lipinski definition) is 4. The normalized spacial score (nSPS) is 16.9. The minimum absolute atomic E-state index is 0.0998. The van der Waals surface area contributed by atoms with E-state index in [0.29, 0.717) is 24.6 Å². The van der Waals surface area contributed by atoms with Crippen molar-refractivity contribution in [2.24, 2.45) is 12.0 Å². The predicted octanol–water partition coefficient (Wildman–Crippen LogP) is 1.22. The molecule has 1 saturated heterocycles. The van der Waals surface area contributed by atoms with Gasteiger partial charge >= 0.3 is 0 Å². The summed E-state index contributed by atoms with van der Waals surface area (Å²) >= 11 is 0. The van der Waals surface area contributed by atoms with Crippen LogP contribution in [-0.2, 0) is 7.05 Å². The van der Waals surface area contributed by atoms with E-state index in [-0.39, 0.29) is 5.91 Å². The lowest BCUT2D eigenvalue weighted by Crippen LogP contribution is -2.43. The van der Waals surface area contributed by atoms with Crippen molar-refractivity contribution >= 4 is 11.9 Å². The summed E-state index contributed by atoms with van der Waals surface area (Å²) in [6.45, 7) is 3.01. The standard InChI is InChI=1S/C20H28N6O2/c1-21-20(26-11-8-16(14-26)17-12-24-25(2)13-17)23-10-9-22-19(27)15-4-6-18(28-3)7-5-15/h4-7,12-13,16H,8-11,14H2,1-3H3,(H,21,23)(H,22,27). The Morgan fingerprint density at radius 2 is 2.04 bits per heavy atom. The molecule has 2 heterocycles. The fourth-order valence-corrected chi connectivity index (χ4v) is 3.40. The Labute approximate surface area is 165 Å². The largest absolute Gasteiger partial charge is 0.497 e. The van der Waals surface area contributed by atoms with Crippen molar-refractivity contribution < 1.29 is 9.53 Å². The number of methoxy groups -OCH3 is 1. The average Bonchev–Trinajstić information content (AvgIpc) is 3.37. The highest BCUT2D eigenvalue weighted by Gasteiger charge is 2.26. The second kappa shape index (κ2) is 9.25. The monoisotopic (exact) mass is 384 g/mol. The van der Waals surface area contributed by atoms with Gasteiger partial charge in [0.2, 0.25) is 0 Å². The molecule has 0 saturated carbocycles. The van der Waals surface area contributed by atoms with E-state index >= 15 is 0 Å². The Kier molecular flexibility index (Phi) is 6.52. The molecule has 28 heavy (non-hydrogen) atoms. The molecule has 0 aliphatic carbocycles. The van der Waals surface area contributed by atoms with E-state index in [1.807, 2.05) is 17.9 Å². The third-order valence-corrected chi connectivity index (χ3v) is 4.94. The van der Waals surface area contributed by atoms with Crippen molar-refractivity contribution in [3.8, 4) is 5.75 Å². The Morgan fingerprint density at radius 3 is 2.68 bits per heavy atom. The minimum Gasteiger partial charge on any atom is -0.497 e. The van der Waals surface area contributed by atoms with Gasteiger partial charge in [-0.3, -0.25) is 14.5 Å². The van der Waals surface area contributed by atoms with Gasteiger partial charge in [0, 0.05) is 58.0 Å². The molecule has 1 atom stereocenters. The van der Waals surface area contributed by atoms with E-state index in [2.05, 4.69) is 31.8 Å². The van der Waals surface area contributed by atoms with Crippen LogP contribution >= 0.6 is 0 Å². The number of ether oxygens (including phenoxy) is 1. The highest BCUT2D eigenvalue weighted by atomic mass is 16.5. The number of aliphatic imine (C=N–C) groups is 1. The van der Waals surface area contributed by atoms with Gasteiger partial charge in [-0.25, -0.2) is 0 Å². The number of hydrogen-bond donors (Lipinski definition) is 2. The van der Waals surface area contributed by atoms with Crippen molar-refractivity contribution in [1.82, 2.24) is 25.3 Å². The topological polar surface area (TPSA) is 83.8 Å². The summed E-state index contributed by atoms with van der Waals surface area (Å²) in [7, 11) is 5.33. The molecule has 2 aromatic rings. The first-order valence-corrected chi connectivity index (χ1v) is 9.47. The predicted molar refractivity (Wildman–Crippen MR) is 109 cm³/mol. The summed E-state index contributed by atoms with van der Waals surface area (Å²) in [5.41, 5.74) is 1.89. The number of carbonyl (C=O) groups is 1. The molecule has 1 aromatic carbocycles. The van der Waals surface area contributed by atoms with Crippen molar-refractivity contribution in [1.29, 1.82) is 0 Å². The summed E-state index contributed by atoms with van der Waals surface area (Å²) in [6, 6.07) is 7.06. The van der Waals surface area contributed by atoms with E-state index in [9.17, 15) is 4.79 Å². The highest BCUT2D eigenvalue weighted by molar-refractivity contribution is 5.94. The maximum Gasteiger partial charge on any atom is 0.251 e. The summed E-state index contributed by atoms with van der Waals surface area (Å²) in [5, 5.41) is 10.5. The Hall–Kier alpha value is -3.03.